The van der Waals surface area contributed by atoms with Crippen LogP contribution in [0.15, 0.2) is 71.6 Å². The first-order valence-corrected chi connectivity index (χ1v) is 16.4. The minimum atomic E-state index is -0.717. The third kappa shape index (κ3) is 4.89. The summed E-state index contributed by atoms with van der Waals surface area (Å²) < 4.78 is 28.6. The Balaban J connectivity index is 1.09. The summed E-state index contributed by atoms with van der Waals surface area (Å²) in [4.78, 5) is 13.7. The van der Waals surface area contributed by atoms with Gasteiger partial charge in [-0.05, 0) is 90.5 Å². The number of benzene rings is 2. The number of rotatable bonds is 7. The van der Waals surface area contributed by atoms with Crippen LogP contribution in [-0.2, 0) is 27.2 Å². The van der Waals surface area contributed by atoms with E-state index in [1.165, 1.54) is 6.33 Å². The standard InChI is InChI=1S/C34H33BrClN5O4/c1-33(2)44-28-11-10-24-27(43-32(34(24,28)45-33)41-13-12-23-29(36)38-18-39-31(23)41)15-20-4-7-21-16-25(35)30(40-26(21)14-20)37-17-19-5-8-22(42-3)9-6-19/h4-9,12-14,16,18,24,27-28,32H,10-11,15,17H2,1-3H3,(H,37,40). The van der Waals surface area contributed by atoms with Crippen LogP contribution in [0.1, 0.15) is 44.0 Å². The SMILES string of the molecule is COc1ccc(CNc2nc3cc(CC4OC(n5ccc6c(Cl)ncnc65)C56OC(C)(C)OC5CCC46)ccc3cc2Br)cc1. The molecule has 2 aromatic carbocycles. The topological polar surface area (TPSA) is 92.6 Å². The van der Waals surface area contributed by atoms with E-state index in [9.17, 15) is 0 Å². The van der Waals surface area contributed by atoms with Crippen molar-refractivity contribution in [3.63, 3.8) is 0 Å². The Labute approximate surface area is 274 Å². The molecule has 1 N–H and O–H groups in total. The minimum absolute atomic E-state index is 0.0859. The van der Waals surface area contributed by atoms with Crippen molar-refractivity contribution < 1.29 is 18.9 Å². The van der Waals surface area contributed by atoms with Crippen molar-refractivity contribution in [1.82, 2.24) is 19.5 Å². The van der Waals surface area contributed by atoms with E-state index in [-0.39, 0.29) is 18.1 Å². The van der Waals surface area contributed by atoms with Gasteiger partial charge in [0.25, 0.3) is 0 Å². The monoisotopic (exact) mass is 689 g/mol. The summed E-state index contributed by atoms with van der Waals surface area (Å²) in [7, 11) is 1.67. The zero-order valence-electron chi connectivity index (χ0n) is 25.2. The van der Waals surface area contributed by atoms with E-state index in [4.69, 9.17) is 35.5 Å². The number of nitrogens with zero attached hydrogens (tertiary/aromatic N) is 4. The zero-order valence-corrected chi connectivity index (χ0v) is 27.5. The Hall–Kier alpha value is -3.28. The van der Waals surface area contributed by atoms with Crippen LogP contribution in [0.5, 0.6) is 5.75 Å². The Morgan fingerprint density at radius 3 is 2.71 bits per heavy atom. The van der Waals surface area contributed by atoms with Gasteiger partial charge in [-0.3, -0.25) is 0 Å². The second-order valence-corrected chi connectivity index (χ2v) is 13.8. The highest BCUT2D eigenvalue weighted by Gasteiger charge is 2.71. The Kier molecular flexibility index (Phi) is 7.07. The van der Waals surface area contributed by atoms with Crippen LogP contribution in [0.4, 0.5) is 5.82 Å². The van der Waals surface area contributed by atoms with E-state index in [1.807, 2.05) is 50.4 Å². The van der Waals surface area contributed by atoms with Crippen LogP contribution in [0.2, 0.25) is 5.15 Å². The number of halogens is 2. The summed E-state index contributed by atoms with van der Waals surface area (Å²) in [5.41, 5.74) is 3.30. The average molecular weight is 691 g/mol. The summed E-state index contributed by atoms with van der Waals surface area (Å²) >= 11 is 10.1. The van der Waals surface area contributed by atoms with Gasteiger partial charge >= 0.3 is 0 Å². The maximum atomic E-state index is 6.99. The number of pyridine rings is 1. The molecule has 2 saturated heterocycles. The van der Waals surface area contributed by atoms with Crippen molar-refractivity contribution in [3.8, 4) is 5.75 Å². The first kappa shape index (κ1) is 29.1. The molecule has 2 aliphatic heterocycles. The molecule has 0 radical (unpaired) electrons. The molecule has 5 atom stereocenters. The van der Waals surface area contributed by atoms with E-state index in [1.54, 1.807) is 7.11 Å². The smallest absolute Gasteiger partial charge is 0.167 e. The normalized spacial score (nSPS) is 26.8. The quantitative estimate of drug-likeness (QED) is 0.176. The molecular formula is C34H33BrClN5O4. The number of hydrogen-bond acceptors (Lipinski definition) is 8. The lowest BCUT2D eigenvalue weighted by Gasteiger charge is -2.33. The molecule has 232 valence electrons. The van der Waals surface area contributed by atoms with Gasteiger partial charge in [0.2, 0.25) is 0 Å². The summed E-state index contributed by atoms with van der Waals surface area (Å²) in [6.07, 6.45) is 5.46. The second kappa shape index (κ2) is 10.9. The van der Waals surface area contributed by atoms with Gasteiger partial charge in [-0.25, -0.2) is 15.0 Å². The van der Waals surface area contributed by atoms with E-state index in [0.717, 1.165) is 68.4 Å². The number of methoxy groups -OCH3 is 1. The van der Waals surface area contributed by atoms with Crippen molar-refractivity contribution in [2.24, 2.45) is 5.92 Å². The lowest BCUT2D eigenvalue weighted by molar-refractivity contribution is -0.190. The summed E-state index contributed by atoms with van der Waals surface area (Å²) in [5.74, 6) is 1.05. The highest BCUT2D eigenvalue weighted by atomic mass is 79.9. The van der Waals surface area contributed by atoms with Gasteiger partial charge in [0, 0.05) is 24.0 Å². The molecule has 9 nitrogen and oxygen atoms in total. The Morgan fingerprint density at radius 2 is 1.89 bits per heavy atom. The Morgan fingerprint density at radius 1 is 1.07 bits per heavy atom. The summed E-state index contributed by atoms with van der Waals surface area (Å²) in [5, 5.41) is 5.75. The van der Waals surface area contributed by atoms with Crippen LogP contribution in [0.3, 0.4) is 0 Å². The van der Waals surface area contributed by atoms with E-state index in [2.05, 4.69) is 60.0 Å². The minimum Gasteiger partial charge on any atom is -0.497 e. The molecule has 1 aliphatic carbocycles. The highest BCUT2D eigenvalue weighted by Crippen LogP contribution is 2.61. The zero-order chi connectivity index (χ0) is 30.9. The summed E-state index contributed by atoms with van der Waals surface area (Å²) in [6.45, 7) is 4.62. The van der Waals surface area contributed by atoms with Gasteiger partial charge in [0.1, 0.15) is 34.3 Å². The van der Waals surface area contributed by atoms with Crippen molar-refractivity contribution in [2.45, 2.75) is 69.5 Å². The number of aromatic nitrogens is 4. The molecule has 3 fully saturated rings. The van der Waals surface area contributed by atoms with Crippen LogP contribution >= 0.6 is 27.5 Å². The van der Waals surface area contributed by atoms with Gasteiger partial charge < -0.3 is 28.8 Å². The molecule has 11 heteroatoms. The van der Waals surface area contributed by atoms with Crippen LogP contribution in [0, 0.1) is 5.92 Å². The molecule has 8 rings (SSSR count). The first-order chi connectivity index (χ1) is 21.7. The third-order valence-corrected chi connectivity index (χ3v) is 10.3. The van der Waals surface area contributed by atoms with Gasteiger partial charge in [0.05, 0.1) is 34.7 Å². The number of ether oxygens (including phenoxy) is 4. The molecule has 0 bridgehead atoms. The number of fused-ring (bicyclic) bond motifs is 2. The third-order valence-electron chi connectivity index (χ3n) is 9.41. The van der Waals surface area contributed by atoms with Crippen LogP contribution < -0.4 is 10.1 Å². The second-order valence-electron chi connectivity index (χ2n) is 12.5. The van der Waals surface area contributed by atoms with Crippen molar-refractivity contribution in [1.29, 1.82) is 0 Å². The van der Waals surface area contributed by atoms with E-state index in [0.29, 0.717) is 11.7 Å². The van der Waals surface area contributed by atoms with Gasteiger partial charge in [-0.1, -0.05) is 35.9 Å². The first-order valence-electron chi connectivity index (χ1n) is 15.2. The lowest BCUT2D eigenvalue weighted by Crippen LogP contribution is -2.46. The molecule has 45 heavy (non-hydrogen) atoms. The average Bonchev–Trinajstić information content (AvgIpc) is 3.74. The predicted octanol–water partition coefficient (Wildman–Crippen LogP) is 7.46. The van der Waals surface area contributed by atoms with Crippen molar-refractivity contribution in [2.75, 3.05) is 12.4 Å². The molecule has 3 aromatic heterocycles. The fourth-order valence-corrected chi connectivity index (χ4v) is 8.21. The highest BCUT2D eigenvalue weighted by molar-refractivity contribution is 9.10. The summed E-state index contributed by atoms with van der Waals surface area (Å²) in [6, 6.07) is 18.5. The number of anilines is 1. The number of hydrogen-bond donors (Lipinski definition) is 1. The maximum absolute atomic E-state index is 6.99. The molecule has 1 spiro atoms. The fraction of sp³-hybridized carbons (Fsp3) is 0.382. The molecule has 0 amide bonds. The van der Waals surface area contributed by atoms with Crippen molar-refractivity contribution >= 4 is 55.3 Å². The van der Waals surface area contributed by atoms with Gasteiger partial charge in [-0.2, -0.15) is 0 Å². The molecule has 5 heterocycles. The lowest BCUT2D eigenvalue weighted by atomic mass is 9.84. The number of nitrogens with one attached hydrogen (secondary N) is 1. The maximum Gasteiger partial charge on any atom is 0.167 e. The van der Waals surface area contributed by atoms with Crippen LogP contribution in [-0.4, -0.2) is 50.2 Å². The predicted molar refractivity (Wildman–Crippen MR) is 175 cm³/mol. The fourth-order valence-electron chi connectivity index (χ4n) is 7.54. The Bertz CT molecular complexity index is 1920. The van der Waals surface area contributed by atoms with Gasteiger partial charge in [0.15, 0.2) is 12.0 Å². The molecule has 3 aliphatic rings. The molecule has 1 saturated carbocycles. The molecular weight excluding hydrogens is 658 g/mol. The van der Waals surface area contributed by atoms with Crippen LogP contribution in [0.25, 0.3) is 21.9 Å². The molecule has 5 unspecified atom stereocenters. The largest absolute Gasteiger partial charge is 0.497 e. The van der Waals surface area contributed by atoms with E-state index >= 15 is 0 Å². The van der Waals surface area contributed by atoms with E-state index < -0.39 is 17.6 Å². The van der Waals surface area contributed by atoms with Crippen molar-refractivity contribution in [3.05, 3.63) is 87.9 Å². The van der Waals surface area contributed by atoms with Gasteiger partial charge in [-0.15, -0.1) is 0 Å². The molecule has 5 aromatic rings.